The number of rotatable bonds is 5. The summed E-state index contributed by atoms with van der Waals surface area (Å²) in [4.78, 5) is 15.3. The summed E-state index contributed by atoms with van der Waals surface area (Å²) in [5, 5.41) is 3.16. The molecule has 1 saturated carbocycles. The van der Waals surface area contributed by atoms with Gasteiger partial charge < -0.3 is 19.2 Å². The molecule has 0 aromatic carbocycles. The Hall–Kier alpha value is -1.37. The van der Waals surface area contributed by atoms with Gasteiger partial charge in [-0.05, 0) is 57.8 Å². The standard InChI is InChI=1S/C19H28N2O4/c1-14-6-7-17(25-14)16(21-9-2-3-10-21)13-20-18(22)15-5-4-8-19(15)23-11-12-24-19/h6-7,15-16H,2-5,8-13H2,1H3,(H,20,22)/t15-,16+/m1/s1. The minimum Gasteiger partial charge on any atom is -0.465 e. The largest absolute Gasteiger partial charge is 0.465 e. The number of likely N-dealkylation sites (tertiary alicyclic amines) is 1. The number of amides is 1. The highest BCUT2D eigenvalue weighted by molar-refractivity contribution is 5.80. The Morgan fingerprint density at radius 3 is 2.72 bits per heavy atom. The summed E-state index contributed by atoms with van der Waals surface area (Å²) in [6.07, 6.45) is 5.04. The number of hydrogen-bond acceptors (Lipinski definition) is 5. The predicted molar refractivity (Wildman–Crippen MR) is 92.0 cm³/mol. The van der Waals surface area contributed by atoms with Gasteiger partial charge in [-0.15, -0.1) is 0 Å². The van der Waals surface area contributed by atoms with Gasteiger partial charge in [-0.3, -0.25) is 9.69 Å². The Bertz CT molecular complexity index is 597. The van der Waals surface area contributed by atoms with E-state index in [1.54, 1.807) is 0 Å². The first-order chi connectivity index (χ1) is 12.2. The zero-order valence-corrected chi connectivity index (χ0v) is 15.0. The van der Waals surface area contributed by atoms with Gasteiger partial charge in [0.05, 0.1) is 25.2 Å². The maximum absolute atomic E-state index is 12.8. The van der Waals surface area contributed by atoms with Crippen LogP contribution in [0, 0.1) is 12.8 Å². The lowest BCUT2D eigenvalue weighted by Crippen LogP contribution is -2.46. The van der Waals surface area contributed by atoms with Gasteiger partial charge in [0.1, 0.15) is 11.5 Å². The molecule has 2 aliphatic heterocycles. The Kier molecular flexibility index (Phi) is 4.84. The average Bonchev–Trinajstić information content (AvgIpc) is 3.38. The second kappa shape index (κ2) is 7.09. The molecule has 138 valence electrons. The molecule has 4 rings (SSSR count). The summed E-state index contributed by atoms with van der Waals surface area (Å²) in [7, 11) is 0. The van der Waals surface area contributed by atoms with Crippen LogP contribution in [0.15, 0.2) is 16.5 Å². The van der Waals surface area contributed by atoms with E-state index in [-0.39, 0.29) is 17.9 Å². The lowest BCUT2D eigenvalue weighted by atomic mass is 10.0. The SMILES string of the molecule is Cc1ccc([C@H](CNC(=O)[C@H]2CCCC23OCCO3)N2CCCC2)o1. The van der Waals surface area contributed by atoms with Crippen molar-refractivity contribution < 1.29 is 18.7 Å². The fourth-order valence-electron chi connectivity index (χ4n) is 4.51. The Morgan fingerprint density at radius 2 is 2.04 bits per heavy atom. The number of aryl methyl sites for hydroxylation is 1. The van der Waals surface area contributed by atoms with E-state index in [4.69, 9.17) is 13.9 Å². The molecule has 3 aliphatic rings. The van der Waals surface area contributed by atoms with Crippen molar-refractivity contribution in [2.75, 3.05) is 32.8 Å². The van der Waals surface area contributed by atoms with E-state index in [9.17, 15) is 4.79 Å². The van der Waals surface area contributed by atoms with Gasteiger partial charge >= 0.3 is 0 Å². The molecule has 2 saturated heterocycles. The summed E-state index contributed by atoms with van der Waals surface area (Å²) in [5.74, 6) is 1.02. The van der Waals surface area contributed by atoms with Crippen LogP contribution in [0.25, 0.3) is 0 Å². The highest BCUT2D eigenvalue weighted by Crippen LogP contribution is 2.42. The van der Waals surface area contributed by atoms with Crippen molar-refractivity contribution in [1.29, 1.82) is 0 Å². The maximum atomic E-state index is 12.8. The van der Waals surface area contributed by atoms with E-state index in [2.05, 4.69) is 10.2 Å². The zero-order valence-electron chi connectivity index (χ0n) is 15.0. The van der Waals surface area contributed by atoms with E-state index >= 15 is 0 Å². The van der Waals surface area contributed by atoms with E-state index in [1.165, 1.54) is 12.8 Å². The minimum absolute atomic E-state index is 0.0480. The molecule has 6 heteroatoms. The molecule has 3 heterocycles. The molecular weight excluding hydrogens is 320 g/mol. The summed E-state index contributed by atoms with van der Waals surface area (Å²) < 4.78 is 17.5. The summed E-state index contributed by atoms with van der Waals surface area (Å²) in [6, 6.07) is 4.12. The van der Waals surface area contributed by atoms with Crippen LogP contribution in [0.1, 0.15) is 49.7 Å². The molecule has 1 amide bonds. The van der Waals surface area contributed by atoms with E-state index in [0.717, 1.165) is 43.9 Å². The number of nitrogens with one attached hydrogen (secondary N) is 1. The summed E-state index contributed by atoms with van der Waals surface area (Å²) >= 11 is 0. The van der Waals surface area contributed by atoms with Gasteiger partial charge in [0.2, 0.25) is 5.91 Å². The van der Waals surface area contributed by atoms with Gasteiger partial charge in [0, 0.05) is 13.0 Å². The highest BCUT2D eigenvalue weighted by Gasteiger charge is 2.51. The van der Waals surface area contributed by atoms with Gasteiger partial charge in [0.15, 0.2) is 5.79 Å². The van der Waals surface area contributed by atoms with Crippen LogP contribution in [-0.2, 0) is 14.3 Å². The monoisotopic (exact) mass is 348 g/mol. The first kappa shape index (κ1) is 17.1. The van der Waals surface area contributed by atoms with Gasteiger partial charge in [-0.1, -0.05) is 0 Å². The van der Waals surface area contributed by atoms with Crippen molar-refractivity contribution in [2.24, 2.45) is 5.92 Å². The second-order valence-electron chi connectivity index (χ2n) is 7.41. The van der Waals surface area contributed by atoms with Crippen LogP contribution in [-0.4, -0.2) is 49.4 Å². The molecule has 25 heavy (non-hydrogen) atoms. The molecule has 2 atom stereocenters. The molecule has 1 aromatic heterocycles. The number of carbonyl (C=O) groups excluding carboxylic acids is 1. The molecule has 3 fully saturated rings. The fourth-order valence-corrected chi connectivity index (χ4v) is 4.51. The molecule has 1 aromatic rings. The Morgan fingerprint density at radius 1 is 1.28 bits per heavy atom. The molecule has 6 nitrogen and oxygen atoms in total. The number of furan rings is 1. The lowest BCUT2D eigenvalue weighted by Gasteiger charge is -2.30. The summed E-state index contributed by atoms with van der Waals surface area (Å²) in [6.45, 7) is 5.82. The second-order valence-corrected chi connectivity index (χ2v) is 7.41. The van der Waals surface area contributed by atoms with Crippen LogP contribution in [0.2, 0.25) is 0 Å². The lowest BCUT2D eigenvalue weighted by molar-refractivity contribution is -0.186. The summed E-state index contributed by atoms with van der Waals surface area (Å²) in [5.41, 5.74) is 0. The third-order valence-corrected chi connectivity index (χ3v) is 5.78. The van der Waals surface area contributed by atoms with E-state index < -0.39 is 5.79 Å². The van der Waals surface area contributed by atoms with Crippen LogP contribution >= 0.6 is 0 Å². The highest BCUT2D eigenvalue weighted by atomic mass is 16.7. The number of hydrogen-bond donors (Lipinski definition) is 1. The molecule has 0 radical (unpaired) electrons. The van der Waals surface area contributed by atoms with Crippen LogP contribution in [0.4, 0.5) is 0 Å². The molecular formula is C19H28N2O4. The molecule has 1 spiro atoms. The molecule has 0 unspecified atom stereocenters. The van der Waals surface area contributed by atoms with Gasteiger partial charge in [-0.2, -0.15) is 0 Å². The maximum Gasteiger partial charge on any atom is 0.228 e. The van der Waals surface area contributed by atoms with Crippen molar-refractivity contribution in [3.8, 4) is 0 Å². The predicted octanol–water partition coefficient (Wildman–Crippen LogP) is 2.38. The van der Waals surface area contributed by atoms with Gasteiger partial charge in [0.25, 0.3) is 0 Å². The zero-order chi connectivity index (χ0) is 17.3. The first-order valence-electron chi connectivity index (χ1n) is 9.54. The third-order valence-electron chi connectivity index (χ3n) is 5.78. The number of nitrogens with zero attached hydrogens (tertiary/aromatic N) is 1. The van der Waals surface area contributed by atoms with Crippen molar-refractivity contribution in [3.05, 3.63) is 23.7 Å². The molecule has 0 bridgehead atoms. The van der Waals surface area contributed by atoms with E-state index in [1.807, 2.05) is 19.1 Å². The van der Waals surface area contributed by atoms with Crippen LogP contribution in [0.5, 0.6) is 0 Å². The van der Waals surface area contributed by atoms with E-state index in [0.29, 0.717) is 19.8 Å². The topological polar surface area (TPSA) is 63.9 Å². The fraction of sp³-hybridized carbons (Fsp3) is 0.737. The molecule has 1 N–H and O–H groups in total. The van der Waals surface area contributed by atoms with Crippen LogP contribution in [0.3, 0.4) is 0 Å². The average molecular weight is 348 g/mol. The van der Waals surface area contributed by atoms with Crippen molar-refractivity contribution in [1.82, 2.24) is 10.2 Å². The number of carbonyl (C=O) groups is 1. The Labute approximate surface area is 148 Å². The normalized spacial score (nSPS) is 27.2. The van der Waals surface area contributed by atoms with Crippen LogP contribution < -0.4 is 5.32 Å². The van der Waals surface area contributed by atoms with Crippen molar-refractivity contribution >= 4 is 5.91 Å². The third kappa shape index (κ3) is 3.35. The Balaban J connectivity index is 1.43. The minimum atomic E-state index is -0.672. The smallest absolute Gasteiger partial charge is 0.228 e. The quantitative estimate of drug-likeness (QED) is 0.885. The first-order valence-corrected chi connectivity index (χ1v) is 9.54. The number of ether oxygens (including phenoxy) is 2. The van der Waals surface area contributed by atoms with Crippen molar-refractivity contribution in [2.45, 2.75) is 50.9 Å². The van der Waals surface area contributed by atoms with Gasteiger partial charge in [-0.25, -0.2) is 0 Å². The van der Waals surface area contributed by atoms with Crippen molar-refractivity contribution in [3.63, 3.8) is 0 Å². The molecule has 1 aliphatic carbocycles.